The van der Waals surface area contributed by atoms with Crippen molar-refractivity contribution in [1.29, 1.82) is 0 Å². The van der Waals surface area contributed by atoms with Crippen LogP contribution in [0.5, 0.6) is 0 Å². The third-order valence-electron chi connectivity index (χ3n) is 3.97. The summed E-state index contributed by atoms with van der Waals surface area (Å²) in [4.78, 5) is 0. The van der Waals surface area contributed by atoms with Crippen LogP contribution in [0.25, 0.3) is 0 Å². The second kappa shape index (κ2) is 4.82. The number of hydrogen-bond acceptors (Lipinski definition) is 1. The molecule has 2 heteroatoms. The molecule has 2 unspecified atom stereocenters. The van der Waals surface area contributed by atoms with Gasteiger partial charge in [-0.05, 0) is 36.3 Å². The van der Waals surface area contributed by atoms with Crippen LogP contribution in [0.4, 0.5) is 0 Å². The molecule has 98 valence electrons. The van der Waals surface area contributed by atoms with E-state index in [1.807, 2.05) is 0 Å². The predicted molar refractivity (Wildman–Crippen MR) is 76.2 cm³/mol. The molecule has 2 atom stereocenters. The minimum atomic E-state index is 0.157. The predicted octanol–water partition coefficient (Wildman–Crippen LogP) is 3.43. The Bertz CT molecular complexity index is 462. The van der Waals surface area contributed by atoms with Gasteiger partial charge >= 0.3 is 0 Å². The summed E-state index contributed by atoms with van der Waals surface area (Å²) < 4.78 is 2.28. The van der Waals surface area contributed by atoms with Crippen molar-refractivity contribution in [3.8, 4) is 12.3 Å². The van der Waals surface area contributed by atoms with Crippen molar-refractivity contribution >= 4 is 0 Å². The zero-order valence-electron chi connectivity index (χ0n) is 11.7. The first kappa shape index (κ1) is 13.2. The van der Waals surface area contributed by atoms with E-state index in [0.29, 0.717) is 0 Å². The van der Waals surface area contributed by atoms with Gasteiger partial charge in [-0.1, -0.05) is 33.1 Å². The highest BCUT2D eigenvalue weighted by atomic mass is 15.0. The second-order valence-electron chi connectivity index (χ2n) is 6.25. The van der Waals surface area contributed by atoms with Gasteiger partial charge in [0.1, 0.15) is 0 Å². The van der Waals surface area contributed by atoms with E-state index in [-0.39, 0.29) is 17.5 Å². The first-order valence-corrected chi connectivity index (χ1v) is 6.90. The van der Waals surface area contributed by atoms with Crippen LogP contribution in [0.2, 0.25) is 0 Å². The molecule has 0 radical (unpaired) electrons. The van der Waals surface area contributed by atoms with Crippen LogP contribution in [0.1, 0.15) is 63.4 Å². The van der Waals surface area contributed by atoms with Crippen molar-refractivity contribution in [3.05, 3.63) is 23.5 Å². The summed E-state index contributed by atoms with van der Waals surface area (Å²) in [7, 11) is 0. The van der Waals surface area contributed by atoms with Crippen molar-refractivity contribution in [1.82, 2.24) is 4.57 Å². The number of terminal acetylenes is 1. The molecular weight excluding hydrogens is 220 g/mol. The zero-order valence-corrected chi connectivity index (χ0v) is 11.7. The maximum absolute atomic E-state index is 6.29. The van der Waals surface area contributed by atoms with E-state index in [4.69, 9.17) is 12.2 Å². The summed E-state index contributed by atoms with van der Waals surface area (Å²) in [6.45, 7) is 6.76. The molecule has 1 heterocycles. The van der Waals surface area contributed by atoms with E-state index in [1.165, 1.54) is 11.3 Å². The Kier molecular flexibility index (Phi) is 3.54. The fraction of sp³-hybridized carbons (Fsp3) is 0.625. The maximum atomic E-state index is 6.29. The normalized spacial score (nSPS) is 23.2. The van der Waals surface area contributed by atoms with Gasteiger partial charge in [0.15, 0.2) is 0 Å². The Balaban J connectivity index is 2.39. The molecule has 0 bridgehead atoms. The Labute approximate surface area is 111 Å². The molecule has 0 saturated carbocycles. The monoisotopic (exact) mass is 244 g/mol. The molecule has 2 nitrogen and oxygen atoms in total. The number of fused-ring (bicyclic) bond motifs is 1. The molecule has 0 amide bonds. The first-order valence-electron chi connectivity index (χ1n) is 6.90. The Morgan fingerprint density at radius 1 is 1.61 bits per heavy atom. The van der Waals surface area contributed by atoms with Gasteiger partial charge in [-0.25, -0.2) is 0 Å². The lowest BCUT2D eigenvalue weighted by Crippen LogP contribution is -2.31. The largest absolute Gasteiger partial charge is 0.337 e. The van der Waals surface area contributed by atoms with Gasteiger partial charge in [0.05, 0.1) is 6.04 Å². The van der Waals surface area contributed by atoms with Crippen molar-refractivity contribution in [2.75, 3.05) is 0 Å². The molecule has 2 rings (SSSR count). The van der Waals surface area contributed by atoms with Crippen molar-refractivity contribution in [3.63, 3.8) is 0 Å². The molecule has 0 aliphatic heterocycles. The molecule has 1 aliphatic rings. The van der Waals surface area contributed by atoms with Crippen LogP contribution in [0.3, 0.4) is 0 Å². The minimum absolute atomic E-state index is 0.157. The number of aromatic nitrogens is 1. The molecule has 18 heavy (non-hydrogen) atoms. The Morgan fingerprint density at radius 2 is 2.33 bits per heavy atom. The third kappa shape index (κ3) is 2.33. The molecule has 0 fully saturated rings. The fourth-order valence-electron chi connectivity index (χ4n) is 3.13. The van der Waals surface area contributed by atoms with E-state index < -0.39 is 0 Å². The smallest absolute Gasteiger partial charge is 0.0941 e. The van der Waals surface area contributed by atoms with Gasteiger partial charge in [-0.15, -0.1) is 6.42 Å². The minimum Gasteiger partial charge on any atom is -0.337 e. The quantitative estimate of drug-likeness (QED) is 0.811. The number of nitrogens with zero attached hydrogens (tertiary/aromatic N) is 1. The van der Waals surface area contributed by atoms with Crippen LogP contribution < -0.4 is 5.73 Å². The fourth-order valence-corrected chi connectivity index (χ4v) is 3.13. The van der Waals surface area contributed by atoms with Crippen LogP contribution >= 0.6 is 0 Å². The van der Waals surface area contributed by atoms with Crippen LogP contribution in [-0.2, 0) is 6.42 Å². The SMILES string of the molecule is C#CC(CCC)n1ccc2c1CC(C)(C)CC2N. The van der Waals surface area contributed by atoms with Crippen molar-refractivity contribution < 1.29 is 0 Å². The van der Waals surface area contributed by atoms with Gasteiger partial charge in [0.2, 0.25) is 0 Å². The van der Waals surface area contributed by atoms with Crippen LogP contribution in [0.15, 0.2) is 12.3 Å². The molecule has 0 saturated heterocycles. The molecule has 2 N–H and O–H groups in total. The Hall–Kier alpha value is -1.20. The topological polar surface area (TPSA) is 30.9 Å². The molecule has 1 aromatic heterocycles. The van der Waals surface area contributed by atoms with Gasteiger partial charge < -0.3 is 10.3 Å². The maximum Gasteiger partial charge on any atom is 0.0941 e. The summed E-state index contributed by atoms with van der Waals surface area (Å²) in [6.07, 6.45) is 12.1. The van der Waals surface area contributed by atoms with E-state index >= 15 is 0 Å². The average molecular weight is 244 g/mol. The summed E-state index contributed by atoms with van der Waals surface area (Å²) in [5.41, 5.74) is 9.21. The number of rotatable bonds is 3. The molecular formula is C16H24N2. The third-order valence-corrected chi connectivity index (χ3v) is 3.97. The summed E-state index contributed by atoms with van der Waals surface area (Å²) >= 11 is 0. The van der Waals surface area contributed by atoms with E-state index in [1.54, 1.807) is 0 Å². The second-order valence-corrected chi connectivity index (χ2v) is 6.25. The van der Waals surface area contributed by atoms with E-state index in [2.05, 4.69) is 43.5 Å². The van der Waals surface area contributed by atoms with Crippen LogP contribution in [0, 0.1) is 17.8 Å². The van der Waals surface area contributed by atoms with Crippen molar-refractivity contribution in [2.24, 2.45) is 11.1 Å². The lowest BCUT2D eigenvalue weighted by molar-refractivity contribution is 0.273. The van der Waals surface area contributed by atoms with Gasteiger partial charge in [-0.3, -0.25) is 0 Å². The molecule has 0 spiro atoms. The van der Waals surface area contributed by atoms with E-state index in [0.717, 1.165) is 25.7 Å². The highest BCUT2D eigenvalue weighted by Crippen LogP contribution is 2.41. The van der Waals surface area contributed by atoms with Gasteiger partial charge in [-0.2, -0.15) is 0 Å². The number of nitrogens with two attached hydrogens (primary N) is 1. The Morgan fingerprint density at radius 3 is 2.94 bits per heavy atom. The lowest BCUT2D eigenvalue weighted by Gasteiger charge is -2.35. The van der Waals surface area contributed by atoms with Crippen LogP contribution in [-0.4, -0.2) is 4.57 Å². The average Bonchev–Trinajstić information content (AvgIpc) is 2.68. The molecule has 1 aliphatic carbocycles. The zero-order chi connectivity index (χ0) is 13.3. The van der Waals surface area contributed by atoms with Gasteiger partial charge in [0.25, 0.3) is 0 Å². The lowest BCUT2D eigenvalue weighted by atomic mass is 9.74. The van der Waals surface area contributed by atoms with E-state index in [9.17, 15) is 0 Å². The summed E-state index contributed by atoms with van der Waals surface area (Å²) in [5.74, 6) is 2.92. The standard InChI is InChI=1S/C16H24N2/c1-5-7-12(6-2)18-9-8-13-14(17)10-16(3,4)11-15(13)18/h2,8-9,12,14H,5,7,10-11,17H2,1,3-4H3. The first-order chi connectivity index (χ1) is 8.48. The molecule has 0 aromatic carbocycles. The summed E-state index contributed by atoms with van der Waals surface area (Å²) in [5, 5.41) is 0. The number of hydrogen-bond donors (Lipinski definition) is 1. The van der Waals surface area contributed by atoms with Gasteiger partial charge in [0, 0.05) is 17.9 Å². The highest BCUT2D eigenvalue weighted by molar-refractivity contribution is 5.31. The van der Waals surface area contributed by atoms with Crippen molar-refractivity contribution in [2.45, 2.75) is 58.5 Å². The highest BCUT2D eigenvalue weighted by Gasteiger charge is 2.33. The summed E-state index contributed by atoms with van der Waals surface area (Å²) in [6, 6.07) is 2.50. The molecule has 1 aromatic rings.